The third-order valence-electron chi connectivity index (χ3n) is 5.34. The number of amides is 2. The summed E-state index contributed by atoms with van der Waals surface area (Å²) in [6.45, 7) is 4.42. The molecular formula is C22H26FN5O4. The lowest BCUT2D eigenvalue weighted by molar-refractivity contribution is -0.387. The summed E-state index contributed by atoms with van der Waals surface area (Å²) in [7, 11) is 2.12. The Labute approximate surface area is 185 Å². The van der Waals surface area contributed by atoms with Gasteiger partial charge < -0.3 is 20.4 Å². The average Bonchev–Trinajstić information content (AvgIpc) is 2.78. The van der Waals surface area contributed by atoms with Crippen LogP contribution in [-0.2, 0) is 16.0 Å². The van der Waals surface area contributed by atoms with Crippen LogP contribution < -0.4 is 15.5 Å². The van der Waals surface area contributed by atoms with Gasteiger partial charge in [-0.05, 0) is 49.7 Å². The van der Waals surface area contributed by atoms with Gasteiger partial charge in [-0.3, -0.25) is 19.7 Å². The molecular weight excluding hydrogens is 417 g/mol. The quantitative estimate of drug-likeness (QED) is 0.294. The van der Waals surface area contributed by atoms with Crippen LogP contribution in [0.2, 0.25) is 0 Å². The Morgan fingerprint density at radius 2 is 1.75 bits per heavy atom. The molecule has 2 amide bonds. The first-order valence-corrected chi connectivity index (χ1v) is 10.4. The van der Waals surface area contributed by atoms with Crippen LogP contribution in [0.3, 0.4) is 0 Å². The number of aryl methyl sites for hydroxylation is 1. The number of likely N-dealkylation sites (N-methyl/N-ethyl adjacent to an activating group) is 1. The van der Waals surface area contributed by atoms with E-state index in [2.05, 4.69) is 51.7 Å². The van der Waals surface area contributed by atoms with Crippen LogP contribution in [-0.4, -0.2) is 61.4 Å². The topological polar surface area (TPSA) is 108 Å². The Balaban J connectivity index is 1.40. The lowest BCUT2D eigenvalue weighted by atomic mass is 10.1. The molecule has 32 heavy (non-hydrogen) atoms. The molecule has 0 atom stereocenters. The van der Waals surface area contributed by atoms with Gasteiger partial charge in [-0.15, -0.1) is 0 Å². The third-order valence-corrected chi connectivity index (χ3v) is 5.34. The molecule has 0 unspecified atom stereocenters. The van der Waals surface area contributed by atoms with Crippen LogP contribution in [0.1, 0.15) is 12.0 Å². The number of carbonyl (C=O) groups is 2. The first-order chi connectivity index (χ1) is 15.3. The molecule has 1 heterocycles. The summed E-state index contributed by atoms with van der Waals surface area (Å²) in [4.78, 5) is 38.4. The van der Waals surface area contributed by atoms with Crippen LogP contribution in [0.4, 0.5) is 21.5 Å². The molecule has 1 fully saturated rings. The third kappa shape index (κ3) is 6.24. The fourth-order valence-corrected chi connectivity index (χ4v) is 3.43. The number of nitro benzene ring substituents is 1. The van der Waals surface area contributed by atoms with E-state index in [1.54, 1.807) is 0 Å². The maximum absolute atomic E-state index is 13.4. The minimum absolute atomic E-state index is 0.0290. The Morgan fingerprint density at radius 1 is 1.06 bits per heavy atom. The first-order valence-electron chi connectivity index (χ1n) is 10.4. The molecule has 0 aliphatic carbocycles. The van der Waals surface area contributed by atoms with E-state index < -0.39 is 28.2 Å². The van der Waals surface area contributed by atoms with Crippen molar-refractivity contribution in [3.63, 3.8) is 0 Å². The van der Waals surface area contributed by atoms with Crippen LogP contribution in [0.25, 0.3) is 0 Å². The molecule has 0 spiro atoms. The molecule has 9 nitrogen and oxygen atoms in total. The summed E-state index contributed by atoms with van der Waals surface area (Å²) < 4.78 is 13.4. The summed E-state index contributed by atoms with van der Waals surface area (Å²) in [5.41, 5.74) is 1.54. The fourth-order valence-electron chi connectivity index (χ4n) is 3.43. The second-order valence-electron chi connectivity index (χ2n) is 7.69. The number of benzene rings is 2. The van der Waals surface area contributed by atoms with E-state index in [-0.39, 0.29) is 5.69 Å². The number of halogens is 1. The number of nitrogens with one attached hydrogen (secondary N) is 2. The minimum atomic E-state index is -1.02. The molecule has 3 rings (SSSR count). The van der Waals surface area contributed by atoms with Crippen molar-refractivity contribution in [2.24, 2.45) is 0 Å². The van der Waals surface area contributed by atoms with Crippen molar-refractivity contribution in [3.8, 4) is 0 Å². The standard InChI is InChI=1S/C22H26FN5O4/c1-26-11-13-27(14-12-26)18-7-4-16(5-8-18)3-2-10-24-21(29)22(30)25-17-6-9-19(23)20(15-17)28(31)32/h4-9,15H,2-3,10-14H2,1H3,(H,24,29)(H,25,30). The molecule has 1 aliphatic rings. The van der Waals surface area contributed by atoms with Crippen molar-refractivity contribution in [3.05, 3.63) is 64.0 Å². The Hall–Kier alpha value is -3.53. The normalized spacial score (nSPS) is 14.1. The molecule has 2 aromatic rings. The first kappa shape index (κ1) is 23.1. The van der Waals surface area contributed by atoms with E-state index in [1.165, 1.54) is 5.69 Å². The van der Waals surface area contributed by atoms with Gasteiger partial charge in [0, 0.05) is 50.2 Å². The maximum Gasteiger partial charge on any atom is 0.313 e. The molecule has 0 aromatic heterocycles. The van der Waals surface area contributed by atoms with Crippen LogP contribution in [0.15, 0.2) is 42.5 Å². The summed E-state index contributed by atoms with van der Waals surface area (Å²) in [6.07, 6.45) is 1.39. The zero-order valence-corrected chi connectivity index (χ0v) is 17.8. The number of nitrogens with zero attached hydrogens (tertiary/aromatic N) is 3. The second-order valence-corrected chi connectivity index (χ2v) is 7.69. The van der Waals surface area contributed by atoms with Gasteiger partial charge >= 0.3 is 17.5 Å². The number of hydrogen-bond donors (Lipinski definition) is 2. The highest BCUT2D eigenvalue weighted by Crippen LogP contribution is 2.21. The number of carbonyl (C=O) groups excluding carboxylic acids is 2. The van der Waals surface area contributed by atoms with E-state index in [0.29, 0.717) is 13.0 Å². The lowest BCUT2D eigenvalue weighted by Gasteiger charge is -2.34. The van der Waals surface area contributed by atoms with Gasteiger partial charge in [-0.2, -0.15) is 4.39 Å². The van der Waals surface area contributed by atoms with Gasteiger partial charge in [0.2, 0.25) is 5.82 Å². The largest absolute Gasteiger partial charge is 0.369 e. The highest BCUT2D eigenvalue weighted by molar-refractivity contribution is 6.39. The summed E-state index contributed by atoms with van der Waals surface area (Å²) in [6, 6.07) is 11.2. The zero-order chi connectivity index (χ0) is 23.1. The fraction of sp³-hybridized carbons (Fsp3) is 0.364. The molecule has 170 valence electrons. The molecule has 0 radical (unpaired) electrons. The van der Waals surface area contributed by atoms with E-state index in [0.717, 1.165) is 56.4 Å². The summed E-state index contributed by atoms with van der Waals surface area (Å²) >= 11 is 0. The highest BCUT2D eigenvalue weighted by atomic mass is 19.1. The van der Waals surface area contributed by atoms with Gasteiger partial charge in [0.05, 0.1) is 4.92 Å². The van der Waals surface area contributed by atoms with Gasteiger partial charge in [-0.1, -0.05) is 12.1 Å². The van der Waals surface area contributed by atoms with E-state index in [9.17, 15) is 24.1 Å². The summed E-state index contributed by atoms with van der Waals surface area (Å²) in [5, 5.41) is 15.5. The molecule has 2 aromatic carbocycles. The van der Waals surface area contributed by atoms with Crippen molar-refractivity contribution in [1.29, 1.82) is 0 Å². The van der Waals surface area contributed by atoms with Crippen molar-refractivity contribution in [2.75, 3.05) is 50.0 Å². The lowest BCUT2D eigenvalue weighted by Crippen LogP contribution is -2.44. The number of anilines is 2. The van der Waals surface area contributed by atoms with Crippen molar-refractivity contribution < 1.29 is 18.9 Å². The number of hydrogen-bond acceptors (Lipinski definition) is 6. The predicted octanol–water partition coefficient (Wildman–Crippen LogP) is 2.17. The van der Waals surface area contributed by atoms with Gasteiger partial charge in [0.15, 0.2) is 0 Å². The smallest absolute Gasteiger partial charge is 0.313 e. The average molecular weight is 443 g/mol. The minimum Gasteiger partial charge on any atom is -0.369 e. The Kier molecular flexibility index (Phi) is 7.72. The van der Waals surface area contributed by atoms with Crippen LogP contribution >= 0.6 is 0 Å². The molecule has 2 N–H and O–H groups in total. The molecule has 0 saturated carbocycles. The van der Waals surface area contributed by atoms with E-state index >= 15 is 0 Å². The monoisotopic (exact) mass is 443 g/mol. The molecule has 1 aliphatic heterocycles. The number of nitro groups is 1. The van der Waals surface area contributed by atoms with Gasteiger partial charge in [0.1, 0.15) is 0 Å². The summed E-state index contributed by atoms with van der Waals surface area (Å²) in [5.74, 6) is -2.85. The number of piperazine rings is 1. The Bertz CT molecular complexity index is 975. The number of rotatable bonds is 7. The second kappa shape index (κ2) is 10.7. The van der Waals surface area contributed by atoms with Crippen LogP contribution in [0, 0.1) is 15.9 Å². The highest BCUT2D eigenvalue weighted by Gasteiger charge is 2.18. The van der Waals surface area contributed by atoms with E-state index in [4.69, 9.17) is 0 Å². The maximum atomic E-state index is 13.4. The molecule has 1 saturated heterocycles. The molecule has 0 bridgehead atoms. The predicted molar refractivity (Wildman–Crippen MR) is 119 cm³/mol. The van der Waals surface area contributed by atoms with E-state index in [1.807, 2.05) is 0 Å². The van der Waals surface area contributed by atoms with Crippen molar-refractivity contribution in [2.45, 2.75) is 12.8 Å². The van der Waals surface area contributed by atoms with Gasteiger partial charge in [0.25, 0.3) is 0 Å². The van der Waals surface area contributed by atoms with Crippen LogP contribution in [0.5, 0.6) is 0 Å². The molecule has 10 heteroatoms. The Morgan fingerprint density at radius 3 is 2.41 bits per heavy atom. The van der Waals surface area contributed by atoms with Gasteiger partial charge in [-0.25, -0.2) is 0 Å². The van der Waals surface area contributed by atoms with Crippen molar-refractivity contribution in [1.82, 2.24) is 10.2 Å². The van der Waals surface area contributed by atoms with Crippen molar-refractivity contribution >= 4 is 28.9 Å². The SMILES string of the molecule is CN1CCN(c2ccc(CCCNC(=O)C(=O)Nc3ccc(F)c([N+](=O)[O-])c3)cc2)CC1. The zero-order valence-electron chi connectivity index (χ0n) is 17.8.